The quantitative estimate of drug-likeness (QED) is 0.847. The van der Waals surface area contributed by atoms with E-state index in [0.717, 1.165) is 0 Å². The maximum Gasteiger partial charge on any atom is 0.216 e. The van der Waals surface area contributed by atoms with E-state index in [1.54, 1.807) is 36.5 Å². The predicted octanol–water partition coefficient (Wildman–Crippen LogP) is 0.901. The van der Waals surface area contributed by atoms with Crippen molar-refractivity contribution in [3.63, 3.8) is 0 Å². The molecule has 0 saturated heterocycles. The number of hydrogen-bond acceptors (Lipinski definition) is 4. The van der Waals surface area contributed by atoms with E-state index in [1.807, 2.05) is 6.07 Å². The third-order valence-corrected chi connectivity index (χ3v) is 3.80. The average molecular weight is 276 g/mol. The van der Waals surface area contributed by atoms with Crippen LogP contribution in [0.5, 0.6) is 0 Å². The highest BCUT2D eigenvalue weighted by molar-refractivity contribution is 7.88. The van der Waals surface area contributed by atoms with E-state index in [4.69, 9.17) is 5.26 Å². The van der Waals surface area contributed by atoms with Gasteiger partial charge in [0.2, 0.25) is 10.0 Å². The fraction of sp³-hybridized carbons (Fsp3) is 0.167. The van der Waals surface area contributed by atoms with E-state index in [1.165, 1.54) is 0 Å². The molecule has 1 aromatic heterocycles. The second-order valence-corrected chi connectivity index (χ2v) is 5.74. The normalized spacial score (nSPS) is 11.1. The van der Waals surface area contributed by atoms with Crippen LogP contribution in [0.3, 0.4) is 0 Å². The van der Waals surface area contributed by atoms with Gasteiger partial charge < -0.3 is 0 Å². The van der Waals surface area contributed by atoms with Gasteiger partial charge >= 0.3 is 0 Å². The fourth-order valence-electron chi connectivity index (χ4n) is 1.58. The molecule has 0 amide bonds. The van der Waals surface area contributed by atoms with Gasteiger partial charge in [0.25, 0.3) is 0 Å². The number of H-pyrrole nitrogens is 1. The van der Waals surface area contributed by atoms with E-state index in [9.17, 15) is 8.42 Å². The van der Waals surface area contributed by atoms with Crippen LogP contribution in [0, 0.1) is 11.3 Å². The second-order valence-electron chi connectivity index (χ2n) is 3.93. The Balaban J connectivity index is 2.07. The van der Waals surface area contributed by atoms with Gasteiger partial charge in [0.05, 0.1) is 29.6 Å². The third-order valence-electron chi connectivity index (χ3n) is 2.52. The summed E-state index contributed by atoms with van der Waals surface area (Å²) in [6, 6.07) is 10.3. The molecule has 98 valence electrons. The third kappa shape index (κ3) is 3.64. The minimum atomic E-state index is -3.49. The first-order valence-electron chi connectivity index (χ1n) is 5.54. The SMILES string of the molecule is N#Cc1ccccc1CS(=O)(=O)NCc1ccn[nH]1. The van der Waals surface area contributed by atoms with E-state index in [2.05, 4.69) is 14.9 Å². The Morgan fingerprint density at radius 1 is 1.32 bits per heavy atom. The van der Waals surface area contributed by atoms with Crippen molar-refractivity contribution in [3.05, 3.63) is 53.3 Å². The first-order chi connectivity index (χ1) is 9.11. The van der Waals surface area contributed by atoms with Gasteiger partial charge in [-0.3, -0.25) is 5.10 Å². The van der Waals surface area contributed by atoms with E-state index in [-0.39, 0.29) is 12.3 Å². The van der Waals surface area contributed by atoms with Gasteiger partial charge in [-0.15, -0.1) is 0 Å². The minimum Gasteiger partial charge on any atom is -0.281 e. The highest BCUT2D eigenvalue weighted by atomic mass is 32.2. The zero-order valence-corrected chi connectivity index (χ0v) is 10.8. The molecule has 6 nitrogen and oxygen atoms in total. The molecule has 0 radical (unpaired) electrons. The lowest BCUT2D eigenvalue weighted by atomic mass is 10.1. The highest BCUT2D eigenvalue weighted by Gasteiger charge is 2.14. The fourth-order valence-corrected chi connectivity index (χ4v) is 2.72. The maximum atomic E-state index is 11.9. The number of rotatable bonds is 5. The zero-order valence-electron chi connectivity index (χ0n) is 10.00. The van der Waals surface area contributed by atoms with Crippen LogP contribution in [-0.2, 0) is 22.3 Å². The van der Waals surface area contributed by atoms with Gasteiger partial charge in [-0.2, -0.15) is 10.4 Å². The minimum absolute atomic E-state index is 0.150. The highest BCUT2D eigenvalue weighted by Crippen LogP contribution is 2.11. The van der Waals surface area contributed by atoms with E-state index >= 15 is 0 Å². The summed E-state index contributed by atoms with van der Waals surface area (Å²) in [7, 11) is -3.49. The van der Waals surface area contributed by atoms with Crippen molar-refractivity contribution < 1.29 is 8.42 Å². The molecular formula is C12H12N4O2S. The molecule has 19 heavy (non-hydrogen) atoms. The number of nitriles is 1. The van der Waals surface area contributed by atoms with Gasteiger partial charge in [-0.1, -0.05) is 18.2 Å². The summed E-state index contributed by atoms with van der Waals surface area (Å²) < 4.78 is 26.3. The number of aromatic amines is 1. The number of sulfonamides is 1. The summed E-state index contributed by atoms with van der Waals surface area (Å²) in [6.45, 7) is 0.150. The standard InChI is InChI=1S/C12H12N4O2S/c13-7-10-3-1-2-4-11(10)9-19(17,18)15-8-12-5-6-14-16-12/h1-6,15H,8-9H2,(H,14,16). The molecule has 0 aliphatic carbocycles. The van der Waals surface area contributed by atoms with Gasteiger partial charge in [-0.05, 0) is 17.7 Å². The van der Waals surface area contributed by atoms with Gasteiger partial charge in [0.15, 0.2) is 0 Å². The van der Waals surface area contributed by atoms with Crippen LogP contribution < -0.4 is 4.72 Å². The number of nitrogens with zero attached hydrogens (tertiary/aromatic N) is 2. The zero-order chi connectivity index (χ0) is 13.7. The van der Waals surface area contributed by atoms with Crippen LogP contribution in [0.4, 0.5) is 0 Å². The van der Waals surface area contributed by atoms with Crippen molar-refractivity contribution in [2.75, 3.05) is 0 Å². The molecule has 0 aliphatic heterocycles. The number of hydrogen-bond donors (Lipinski definition) is 2. The molecule has 7 heteroatoms. The Morgan fingerprint density at radius 3 is 2.79 bits per heavy atom. The van der Waals surface area contributed by atoms with Crippen molar-refractivity contribution in [2.45, 2.75) is 12.3 Å². The smallest absolute Gasteiger partial charge is 0.216 e. The molecule has 2 N–H and O–H groups in total. The van der Waals surface area contributed by atoms with Gasteiger partial charge in [0, 0.05) is 6.20 Å². The first kappa shape index (κ1) is 13.3. The number of aromatic nitrogens is 2. The van der Waals surface area contributed by atoms with E-state index in [0.29, 0.717) is 16.8 Å². The van der Waals surface area contributed by atoms with Crippen LogP contribution in [0.2, 0.25) is 0 Å². The van der Waals surface area contributed by atoms with E-state index < -0.39 is 10.0 Å². The van der Waals surface area contributed by atoms with Crippen molar-refractivity contribution in [2.24, 2.45) is 0 Å². The topological polar surface area (TPSA) is 98.6 Å². The molecule has 2 aromatic rings. The first-order valence-corrected chi connectivity index (χ1v) is 7.19. The predicted molar refractivity (Wildman–Crippen MR) is 69.2 cm³/mol. The van der Waals surface area contributed by atoms with Crippen LogP contribution in [-0.4, -0.2) is 18.6 Å². The molecule has 0 fully saturated rings. The van der Waals surface area contributed by atoms with Crippen molar-refractivity contribution >= 4 is 10.0 Å². The molecule has 0 bridgehead atoms. The molecule has 0 atom stereocenters. The van der Waals surface area contributed by atoms with Crippen molar-refractivity contribution in [1.82, 2.24) is 14.9 Å². The molecule has 0 aliphatic rings. The lowest BCUT2D eigenvalue weighted by molar-refractivity contribution is 0.579. The Kier molecular flexibility index (Phi) is 3.94. The Bertz CT molecular complexity index is 687. The summed E-state index contributed by atoms with van der Waals surface area (Å²) in [4.78, 5) is 0. The summed E-state index contributed by atoms with van der Waals surface area (Å²) >= 11 is 0. The summed E-state index contributed by atoms with van der Waals surface area (Å²) in [5.74, 6) is -0.217. The molecule has 0 spiro atoms. The van der Waals surface area contributed by atoms with Gasteiger partial charge in [0.1, 0.15) is 0 Å². The van der Waals surface area contributed by atoms with Crippen molar-refractivity contribution in [1.29, 1.82) is 5.26 Å². The molecular weight excluding hydrogens is 264 g/mol. The van der Waals surface area contributed by atoms with Crippen molar-refractivity contribution in [3.8, 4) is 6.07 Å². The molecule has 1 heterocycles. The molecule has 1 aromatic carbocycles. The summed E-state index contributed by atoms with van der Waals surface area (Å²) in [6.07, 6.45) is 1.55. The summed E-state index contributed by atoms with van der Waals surface area (Å²) in [5.41, 5.74) is 1.54. The number of nitrogens with one attached hydrogen (secondary N) is 2. The Hall–Kier alpha value is -2.17. The van der Waals surface area contributed by atoms with Crippen LogP contribution in [0.15, 0.2) is 36.5 Å². The number of benzene rings is 1. The molecule has 0 unspecified atom stereocenters. The largest absolute Gasteiger partial charge is 0.281 e. The second kappa shape index (κ2) is 5.65. The lowest BCUT2D eigenvalue weighted by Crippen LogP contribution is -2.25. The average Bonchev–Trinajstić information content (AvgIpc) is 2.90. The maximum absolute atomic E-state index is 11.9. The van der Waals surface area contributed by atoms with Crippen LogP contribution >= 0.6 is 0 Å². The summed E-state index contributed by atoms with van der Waals surface area (Å²) in [5, 5.41) is 15.3. The Labute approximate surface area is 111 Å². The Morgan fingerprint density at radius 2 is 2.11 bits per heavy atom. The van der Waals surface area contributed by atoms with Gasteiger partial charge in [-0.25, -0.2) is 13.1 Å². The monoisotopic (exact) mass is 276 g/mol. The van der Waals surface area contributed by atoms with Crippen LogP contribution in [0.1, 0.15) is 16.8 Å². The lowest BCUT2D eigenvalue weighted by Gasteiger charge is -2.06. The van der Waals surface area contributed by atoms with Crippen LogP contribution in [0.25, 0.3) is 0 Å². The molecule has 0 saturated carbocycles. The molecule has 2 rings (SSSR count).